The maximum atomic E-state index is 12.2. The van der Waals surface area contributed by atoms with Crippen LogP contribution in [0.2, 0.25) is 0 Å². The van der Waals surface area contributed by atoms with Gasteiger partial charge in [-0.25, -0.2) is 0 Å². The van der Waals surface area contributed by atoms with Crippen LogP contribution >= 0.6 is 0 Å². The molecule has 2 aliphatic rings. The van der Waals surface area contributed by atoms with Crippen LogP contribution in [0.1, 0.15) is 48.9 Å². The minimum Gasteiger partial charge on any atom is -0.493 e. The van der Waals surface area contributed by atoms with Gasteiger partial charge >= 0.3 is 5.97 Å². The summed E-state index contributed by atoms with van der Waals surface area (Å²) in [7, 11) is 2.84. The highest BCUT2D eigenvalue weighted by Crippen LogP contribution is 2.32. The van der Waals surface area contributed by atoms with Gasteiger partial charge in [0.05, 0.1) is 14.2 Å². The predicted molar refractivity (Wildman–Crippen MR) is 105 cm³/mol. The highest BCUT2D eigenvalue weighted by molar-refractivity contribution is 5.96. The number of carbonyl (C=O) groups is 2. The number of carbonyl (C=O) groups excluding carboxylic acids is 2. The Morgan fingerprint density at radius 3 is 2.43 bits per heavy atom. The number of nitrogens with one attached hydrogen (secondary N) is 1. The number of likely N-dealkylation sites (tertiary alicyclic amines) is 1. The Morgan fingerprint density at radius 1 is 1.07 bits per heavy atom. The van der Waals surface area contributed by atoms with Crippen molar-refractivity contribution >= 4 is 11.9 Å². The first kappa shape index (κ1) is 20.5. The zero-order valence-electron chi connectivity index (χ0n) is 16.7. The lowest BCUT2D eigenvalue weighted by atomic mass is 10.0. The second kappa shape index (κ2) is 9.78. The summed E-state index contributed by atoms with van der Waals surface area (Å²) in [6.07, 6.45) is 7.54. The van der Waals surface area contributed by atoms with E-state index in [1.165, 1.54) is 32.8 Å². The smallest absolute Gasteiger partial charge is 0.325 e. The van der Waals surface area contributed by atoms with Gasteiger partial charge in [-0.1, -0.05) is 12.8 Å². The molecule has 0 unspecified atom stereocenters. The molecule has 1 saturated heterocycles. The summed E-state index contributed by atoms with van der Waals surface area (Å²) < 4.78 is 16.1. The van der Waals surface area contributed by atoms with Crippen LogP contribution in [0.5, 0.6) is 11.5 Å². The molecule has 1 aliphatic heterocycles. The van der Waals surface area contributed by atoms with E-state index < -0.39 is 5.97 Å². The van der Waals surface area contributed by atoms with E-state index in [4.69, 9.17) is 9.47 Å². The van der Waals surface area contributed by atoms with Crippen molar-refractivity contribution in [2.24, 2.45) is 0 Å². The topological polar surface area (TPSA) is 77.1 Å². The minimum atomic E-state index is -0.496. The van der Waals surface area contributed by atoms with E-state index in [0.717, 1.165) is 32.0 Å². The molecule has 2 fully saturated rings. The fourth-order valence-corrected chi connectivity index (χ4v) is 4.04. The SMILES string of the molecule is COC(=O)CNC(=O)c1ccc(OC2CCN(C3CCCC3)CC2)c(OC)c1. The maximum Gasteiger partial charge on any atom is 0.325 e. The molecule has 0 atom stereocenters. The van der Waals surface area contributed by atoms with E-state index in [0.29, 0.717) is 17.1 Å². The van der Waals surface area contributed by atoms with E-state index >= 15 is 0 Å². The molecule has 0 aromatic heterocycles. The maximum absolute atomic E-state index is 12.2. The number of rotatable bonds is 7. The quantitative estimate of drug-likeness (QED) is 0.721. The minimum absolute atomic E-state index is 0.158. The number of ether oxygens (including phenoxy) is 3. The van der Waals surface area contributed by atoms with Crippen molar-refractivity contribution in [2.75, 3.05) is 33.9 Å². The molecule has 1 amide bonds. The van der Waals surface area contributed by atoms with Crippen LogP contribution in [-0.4, -0.2) is 62.8 Å². The van der Waals surface area contributed by atoms with Gasteiger partial charge in [-0.05, 0) is 43.9 Å². The van der Waals surface area contributed by atoms with Gasteiger partial charge in [0.25, 0.3) is 5.91 Å². The number of hydrogen-bond donors (Lipinski definition) is 1. The molecule has 3 rings (SSSR count). The van der Waals surface area contributed by atoms with Crippen molar-refractivity contribution in [1.29, 1.82) is 0 Å². The summed E-state index contributed by atoms with van der Waals surface area (Å²) in [5, 5.41) is 2.52. The molecule has 7 nitrogen and oxygen atoms in total. The fraction of sp³-hybridized carbons (Fsp3) is 0.619. The molecule has 1 aromatic carbocycles. The van der Waals surface area contributed by atoms with E-state index in [-0.39, 0.29) is 18.6 Å². The van der Waals surface area contributed by atoms with Gasteiger partial charge in [0, 0.05) is 24.7 Å². The first-order valence-electron chi connectivity index (χ1n) is 10.0. The molecule has 0 spiro atoms. The van der Waals surface area contributed by atoms with Crippen molar-refractivity contribution < 1.29 is 23.8 Å². The number of esters is 1. The fourth-order valence-electron chi connectivity index (χ4n) is 4.04. The number of methoxy groups -OCH3 is 2. The van der Waals surface area contributed by atoms with Crippen molar-refractivity contribution in [1.82, 2.24) is 10.2 Å². The molecular formula is C21H30N2O5. The zero-order valence-corrected chi connectivity index (χ0v) is 16.7. The van der Waals surface area contributed by atoms with Crippen LogP contribution in [-0.2, 0) is 9.53 Å². The highest BCUT2D eigenvalue weighted by atomic mass is 16.5. The van der Waals surface area contributed by atoms with Crippen molar-refractivity contribution in [2.45, 2.75) is 50.7 Å². The summed E-state index contributed by atoms with van der Waals surface area (Å²) in [5.74, 6) is 0.305. The van der Waals surface area contributed by atoms with Crippen LogP contribution in [0.15, 0.2) is 18.2 Å². The van der Waals surface area contributed by atoms with Crippen LogP contribution in [0.3, 0.4) is 0 Å². The lowest BCUT2D eigenvalue weighted by Gasteiger charge is -2.36. The zero-order chi connectivity index (χ0) is 19.9. The van der Waals surface area contributed by atoms with Gasteiger partial charge in [0.2, 0.25) is 0 Å². The molecular weight excluding hydrogens is 360 g/mol. The van der Waals surface area contributed by atoms with Gasteiger partial charge in [-0.3, -0.25) is 9.59 Å². The Morgan fingerprint density at radius 2 is 1.79 bits per heavy atom. The number of hydrogen-bond acceptors (Lipinski definition) is 6. The average Bonchev–Trinajstić information content (AvgIpc) is 3.27. The monoisotopic (exact) mass is 390 g/mol. The van der Waals surface area contributed by atoms with E-state index in [1.807, 2.05) is 0 Å². The molecule has 1 heterocycles. The Bertz CT molecular complexity index is 679. The summed E-state index contributed by atoms with van der Waals surface area (Å²) in [5.41, 5.74) is 0.407. The Kier molecular flexibility index (Phi) is 7.14. The molecule has 1 aromatic rings. The third-order valence-corrected chi connectivity index (χ3v) is 5.66. The highest BCUT2D eigenvalue weighted by Gasteiger charge is 2.28. The van der Waals surface area contributed by atoms with Crippen LogP contribution < -0.4 is 14.8 Å². The summed E-state index contributed by atoms with van der Waals surface area (Å²) >= 11 is 0. The average molecular weight is 390 g/mol. The molecule has 7 heteroatoms. The second-order valence-electron chi connectivity index (χ2n) is 7.42. The molecule has 154 valence electrons. The first-order valence-corrected chi connectivity index (χ1v) is 10.0. The molecule has 0 radical (unpaired) electrons. The van der Waals surface area contributed by atoms with E-state index in [9.17, 15) is 9.59 Å². The number of amides is 1. The van der Waals surface area contributed by atoms with Gasteiger partial charge in [-0.2, -0.15) is 0 Å². The predicted octanol–water partition coefficient (Wildman–Crippen LogP) is 2.38. The summed E-state index contributed by atoms with van der Waals surface area (Å²) in [6.45, 7) is 1.98. The van der Waals surface area contributed by atoms with Crippen LogP contribution in [0.4, 0.5) is 0 Å². The lowest BCUT2D eigenvalue weighted by molar-refractivity contribution is -0.139. The van der Waals surface area contributed by atoms with Gasteiger partial charge in [-0.15, -0.1) is 0 Å². The third kappa shape index (κ3) is 5.16. The Labute approximate surface area is 166 Å². The molecule has 1 aliphatic carbocycles. The summed E-state index contributed by atoms with van der Waals surface area (Å²) in [4.78, 5) is 26.0. The normalized spacial score (nSPS) is 18.6. The molecule has 28 heavy (non-hydrogen) atoms. The summed E-state index contributed by atoms with van der Waals surface area (Å²) in [6, 6.07) is 5.83. The molecule has 1 saturated carbocycles. The van der Waals surface area contributed by atoms with Crippen molar-refractivity contribution in [3.8, 4) is 11.5 Å². The van der Waals surface area contributed by atoms with Gasteiger partial charge < -0.3 is 24.4 Å². The third-order valence-electron chi connectivity index (χ3n) is 5.66. The van der Waals surface area contributed by atoms with E-state index in [1.54, 1.807) is 25.3 Å². The number of benzene rings is 1. The standard InChI is InChI=1S/C21H30N2O5/c1-26-19-13-15(21(25)22-14-20(24)27-2)7-8-18(19)28-17-9-11-23(12-10-17)16-5-3-4-6-16/h7-8,13,16-17H,3-6,9-12,14H2,1-2H3,(H,22,25). The number of piperidine rings is 1. The second-order valence-corrected chi connectivity index (χ2v) is 7.42. The number of nitrogens with zero attached hydrogens (tertiary/aromatic N) is 1. The van der Waals surface area contributed by atoms with Crippen molar-refractivity contribution in [3.63, 3.8) is 0 Å². The lowest BCUT2D eigenvalue weighted by Crippen LogP contribution is -2.43. The van der Waals surface area contributed by atoms with Crippen molar-refractivity contribution in [3.05, 3.63) is 23.8 Å². The van der Waals surface area contributed by atoms with Gasteiger partial charge in [0.1, 0.15) is 12.6 Å². The molecule has 0 bridgehead atoms. The first-order chi connectivity index (χ1) is 13.6. The Balaban J connectivity index is 1.55. The van der Waals surface area contributed by atoms with Crippen LogP contribution in [0, 0.1) is 0 Å². The Hall–Kier alpha value is -2.28. The largest absolute Gasteiger partial charge is 0.493 e. The van der Waals surface area contributed by atoms with Gasteiger partial charge in [0.15, 0.2) is 11.5 Å². The molecule has 1 N–H and O–H groups in total. The van der Waals surface area contributed by atoms with Crippen LogP contribution in [0.25, 0.3) is 0 Å². The van der Waals surface area contributed by atoms with E-state index in [2.05, 4.69) is 15.0 Å².